The van der Waals surface area contributed by atoms with Crippen molar-refractivity contribution < 1.29 is 4.79 Å². The van der Waals surface area contributed by atoms with E-state index in [-0.39, 0.29) is 17.2 Å². The van der Waals surface area contributed by atoms with Gasteiger partial charge in [0.05, 0.1) is 5.25 Å². The summed E-state index contributed by atoms with van der Waals surface area (Å²) in [5, 5.41) is -0.276. The summed E-state index contributed by atoms with van der Waals surface area (Å²) in [4.78, 5) is 16.6. The lowest BCUT2D eigenvalue weighted by Crippen LogP contribution is -2.47. The van der Waals surface area contributed by atoms with Crippen LogP contribution in [0.3, 0.4) is 0 Å². The molecule has 1 aromatic rings. The predicted molar refractivity (Wildman–Crippen MR) is 88.3 cm³/mol. The number of nitrogens with zero attached hydrogens (tertiary/aromatic N) is 2. The van der Waals surface area contributed by atoms with Crippen LogP contribution in [-0.4, -0.2) is 54.2 Å². The van der Waals surface area contributed by atoms with E-state index in [2.05, 4.69) is 24.5 Å². The molecule has 0 aliphatic carbocycles. The van der Waals surface area contributed by atoms with Crippen LogP contribution in [0.5, 0.6) is 0 Å². The number of carbonyl (C=O) groups excluding carboxylic acids is 1. The van der Waals surface area contributed by atoms with Gasteiger partial charge in [0.2, 0.25) is 5.91 Å². The van der Waals surface area contributed by atoms with E-state index in [1.165, 1.54) is 0 Å². The van der Waals surface area contributed by atoms with E-state index < -0.39 is 0 Å². The van der Waals surface area contributed by atoms with Crippen molar-refractivity contribution in [2.24, 2.45) is 0 Å². The Labute approximate surface area is 128 Å². The summed E-state index contributed by atoms with van der Waals surface area (Å²) in [5.41, 5.74) is 1.15. The zero-order valence-electron chi connectivity index (χ0n) is 12.9. The monoisotopic (exact) mass is 294 g/mol. The summed E-state index contributed by atoms with van der Waals surface area (Å²) >= 11 is 4.51. The van der Waals surface area contributed by atoms with Crippen LogP contribution in [0.1, 0.15) is 19.4 Å². The van der Waals surface area contributed by atoms with E-state index in [1.54, 1.807) is 0 Å². The highest BCUT2D eigenvalue weighted by atomic mass is 32.1. The highest BCUT2D eigenvalue weighted by Crippen LogP contribution is 2.13. The van der Waals surface area contributed by atoms with E-state index in [0.29, 0.717) is 6.42 Å². The Morgan fingerprint density at radius 2 is 1.85 bits per heavy atom. The molecule has 1 aromatic carbocycles. The fourth-order valence-corrected chi connectivity index (χ4v) is 2.79. The van der Waals surface area contributed by atoms with Crippen LogP contribution in [0, 0.1) is 0 Å². The van der Waals surface area contributed by atoms with Gasteiger partial charge in [-0.2, -0.15) is 12.6 Å². The number of hydrogen-bond donors (Lipinski definition) is 1. The maximum absolute atomic E-state index is 12.5. The minimum absolute atomic E-state index is 0.119. The quantitative estimate of drug-likeness (QED) is 0.780. The highest BCUT2D eigenvalue weighted by Gasteiger charge is 2.24. The van der Waals surface area contributed by atoms with Gasteiger partial charge in [-0.05, 0) is 39.9 Å². The van der Waals surface area contributed by atoms with E-state index in [4.69, 9.17) is 0 Å². The molecule has 0 spiro atoms. The van der Waals surface area contributed by atoms with E-state index in [0.717, 1.165) is 18.7 Å². The molecule has 0 saturated heterocycles. The number of rotatable bonds is 7. The molecule has 1 rings (SSSR count). The lowest BCUT2D eigenvalue weighted by atomic mass is 10.1. The van der Waals surface area contributed by atoms with Gasteiger partial charge in [0.1, 0.15) is 0 Å². The summed E-state index contributed by atoms with van der Waals surface area (Å²) < 4.78 is 0. The Balaban J connectivity index is 2.65. The molecular weight excluding hydrogens is 268 g/mol. The van der Waals surface area contributed by atoms with Crippen LogP contribution >= 0.6 is 12.6 Å². The van der Waals surface area contributed by atoms with Gasteiger partial charge in [0, 0.05) is 19.1 Å². The number of benzene rings is 1. The summed E-state index contributed by atoms with van der Waals surface area (Å²) in [6.07, 6.45) is 0.675. The third-order valence-corrected chi connectivity index (χ3v) is 3.75. The smallest absolute Gasteiger partial charge is 0.236 e. The van der Waals surface area contributed by atoms with Crippen LogP contribution in [0.2, 0.25) is 0 Å². The normalized spacial score (nSPS) is 14.1. The summed E-state index contributed by atoms with van der Waals surface area (Å²) in [7, 11) is 4.05. The molecule has 1 amide bonds. The van der Waals surface area contributed by atoms with Crippen LogP contribution in [0.25, 0.3) is 0 Å². The van der Waals surface area contributed by atoms with Crippen molar-refractivity contribution in [3.8, 4) is 0 Å². The van der Waals surface area contributed by atoms with Gasteiger partial charge in [0.25, 0.3) is 0 Å². The van der Waals surface area contributed by atoms with Crippen molar-refractivity contribution in [1.82, 2.24) is 9.80 Å². The predicted octanol–water partition coefficient (Wildman–Crippen LogP) is 2.33. The molecule has 0 bridgehead atoms. The lowest BCUT2D eigenvalue weighted by molar-refractivity contribution is -0.132. The van der Waals surface area contributed by atoms with Crippen molar-refractivity contribution in [3.05, 3.63) is 35.9 Å². The fourth-order valence-electron chi connectivity index (χ4n) is 2.43. The molecule has 0 saturated carbocycles. The number of thiol groups is 1. The van der Waals surface area contributed by atoms with Gasteiger partial charge in [-0.3, -0.25) is 4.79 Å². The van der Waals surface area contributed by atoms with Crippen LogP contribution < -0.4 is 0 Å². The minimum atomic E-state index is -0.276. The topological polar surface area (TPSA) is 23.6 Å². The number of hydrogen-bond acceptors (Lipinski definition) is 3. The molecule has 20 heavy (non-hydrogen) atoms. The number of carbonyl (C=O) groups is 1. The average Bonchev–Trinajstić information content (AvgIpc) is 2.39. The van der Waals surface area contributed by atoms with Gasteiger partial charge >= 0.3 is 0 Å². The van der Waals surface area contributed by atoms with Crippen molar-refractivity contribution in [3.63, 3.8) is 0 Å². The Hall–Kier alpha value is -1.00. The van der Waals surface area contributed by atoms with Crippen molar-refractivity contribution >= 4 is 18.5 Å². The SMILES string of the molecule is CCN(C(=O)C(S)Cc1ccccc1)C(C)CN(C)C. The van der Waals surface area contributed by atoms with Crippen molar-refractivity contribution in [2.45, 2.75) is 31.6 Å². The van der Waals surface area contributed by atoms with Crippen molar-refractivity contribution in [1.29, 1.82) is 0 Å². The summed E-state index contributed by atoms with van der Waals surface area (Å²) in [5.74, 6) is 0.119. The molecule has 0 aliphatic heterocycles. The molecule has 0 N–H and O–H groups in total. The van der Waals surface area contributed by atoms with Gasteiger partial charge in [-0.1, -0.05) is 30.3 Å². The summed E-state index contributed by atoms with van der Waals surface area (Å²) in [6, 6.07) is 10.2. The molecular formula is C16H26N2OS. The van der Waals surface area contributed by atoms with Crippen LogP contribution in [0.15, 0.2) is 30.3 Å². The molecule has 3 nitrogen and oxygen atoms in total. The van der Waals surface area contributed by atoms with Crippen LogP contribution in [-0.2, 0) is 11.2 Å². The number of amides is 1. The molecule has 0 aliphatic rings. The molecule has 4 heteroatoms. The first-order chi connectivity index (χ1) is 9.45. The first-order valence-electron chi connectivity index (χ1n) is 7.12. The highest BCUT2D eigenvalue weighted by molar-refractivity contribution is 7.81. The summed E-state index contributed by atoms with van der Waals surface area (Å²) in [6.45, 7) is 5.70. The Kier molecular flexibility index (Phi) is 7.10. The Morgan fingerprint density at radius 3 is 2.35 bits per heavy atom. The zero-order valence-corrected chi connectivity index (χ0v) is 13.8. The first kappa shape index (κ1) is 17.1. The van der Waals surface area contributed by atoms with Crippen LogP contribution in [0.4, 0.5) is 0 Å². The second kappa shape index (κ2) is 8.32. The van der Waals surface area contributed by atoms with Gasteiger partial charge in [0.15, 0.2) is 0 Å². The lowest BCUT2D eigenvalue weighted by Gasteiger charge is -2.32. The van der Waals surface area contributed by atoms with E-state index in [1.807, 2.05) is 56.3 Å². The number of likely N-dealkylation sites (N-methyl/N-ethyl adjacent to an activating group) is 2. The van der Waals surface area contributed by atoms with Crippen molar-refractivity contribution in [2.75, 3.05) is 27.2 Å². The molecule has 0 radical (unpaired) electrons. The molecule has 2 unspecified atom stereocenters. The maximum atomic E-state index is 12.5. The molecule has 0 aromatic heterocycles. The molecule has 2 atom stereocenters. The fraction of sp³-hybridized carbons (Fsp3) is 0.562. The Morgan fingerprint density at radius 1 is 1.25 bits per heavy atom. The van der Waals surface area contributed by atoms with Gasteiger partial charge in [-0.15, -0.1) is 0 Å². The van der Waals surface area contributed by atoms with Gasteiger partial charge in [-0.25, -0.2) is 0 Å². The van der Waals surface area contributed by atoms with E-state index in [9.17, 15) is 4.79 Å². The zero-order chi connectivity index (χ0) is 15.1. The standard InChI is InChI=1S/C16H26N2OS/c1-5-18(13(2)12-17(3)4)16(19)15(20)11-14-9-7-6-8-10-14/h6-10,13,15,20H,5,11-12H2,1-4H3. The third-order valence-electron chi connectivity index (χ3n) is 3.34. The molecule has 0 fully saturated rings. The van der Waals surface area contributed by atoms with Gasteiger partial charge < -0.3 is 9.80 Å². The first-order valence-corrected chi connectivity index (χ1v) is 7.64. The second-order valence-electron chi connectivity index (χ2n) is 5.44. The largest absolute Gasteiger partial charge is 0.338 e. The molecule has 0 heterocycles. The minimum Gasteiger partial charge on any atom is -0.338 e. The Bertz CT molecular complexity index is 408. The molecule has 112 valence electrons. The maximum Gasteiger partial charge on any atom is 0.236 e. The van der Waals surface area contributed by atoms with E-state index >= 15 is 0 Å². The third kappa shape index (κ3) is 5.17. The second-order valence-corrected chi connectivity index (χ2v) is 6.06. The average molecular weight is 294 g/mol.